The number of aryl methyl sites for hydroxylation is 1. The molecule has 2 amide bonds. The first kappa shape index (κ1) is 17.7. The Morgan fingerprint density at radius 1 is 1.44 bits per heavy atom. The highest BCUT2D eigenvalue weighted by Crippen LogP contribution is 2.27. The average molecular weight is 359 g/mol. The van der Waals surface area contributed by atoms with Crippen LogP contribution >= 0.6 is 11.3 Å². The van der Waals surface area contributed by atoms with Gasteiger partial charge in [0.15, 0.2) is 0 Å². The normalized spacial score (nSPS) is 17.4. The number of nitrogens with zero attached hydrogens (tertiary/aromatic N) is 4. The van der Waals surface area contributed by atoms with Gasteiger partial charge >= 0.3 is 6.03 Å². The van der Waals surface area contributed by atoms with Crippen molar-refractivity contribution in [3.05, 3.63) is 34.4 Å². The fourth-order valence-corrected chi connectivity index (χ4v) is 3.75. The summed E-state index contributed by atoms with van der Waals surface area (Å²) in [5, 5.41) is 4.87. The maximum absolute atomic E-state index is 12.3. The molecule has 0 spiro atoms. The molecule has 7 heteroatoms. The summed E-state index contributed by atoms with van der Waals surface area (Å²) in [4.78, 5) is 25.2. The largest absolute Gasteiger partial charge is 0.354 e. The van der Waals surface area contributed by atoms with Gasteiger partial charge in [0.05, 0.1) is 29.6 Å². The third-order valence-corrected chi connectivity index (χ3v) is 5.24. The number of carbonyl (C=O) groups excluding carboxylic acids is 1. The molecule has 134 valence electrons. The molecule has 3 heterocycles. The highest BCUT2D eigenvalue weighted by molar-refractivity contribution is 7.07. The van der Waals surface area contributed by atoms with Crippen LogP contribution in [-0.2, 0) is 6.54 Å². The minimum absolute atomic E-state index is 0.159. The SMILES string of the molecule is Cc1cc(NC(=O)N(C)Cc2cscn2)cnc1N1CCCCC1C. The first-order valence-corrected chi connectivity index (χ1v) is 9.61. The topological polar surface area (TPSA) is 61.4 Å². The first-order chi connectivity index (χ1) is 12.0. The number of amides is 2. The number of piperidine rings is 1. The zero-order valence-electron chi connectivity index (χ0n) is 15.0. The summed E-state index contributed by atoms with van der Waals surface area (Å²) in [7, 11) is 1.76. The summed E-state index contributed by atoms with van der Waals surface area (Å²) < 4.78 is 0. The van der Waals surface area contributed by atoms with Crippen molar-refractivity contribution in [2.24, 2.45) is 0 Å². The van der Waals surface area contributed by atoms with Crippen molar-refractivity contribution in [2.75, 3.05) is 23.8 Å². The quantitative estimate of drug-likeness (QED) is 0.900. The lowest BCUT2D eigenvalue weighted by atomic mass is 10.0. The van der Waals surface area contributed by atoms with Crippen molar-refractivity contribution >= 4 is 28.9 Å². The van der Waals surface area contributed by atoms with E-state index in [0.29, 0.717) is 12.6 Å². The molecule has 1 unspecified atom stereocenters. The van der Waals surface area contributed by atoms with Crippen LogP contribution in [0, 0.1) is 6.92 Å². The number of thiazole rings is 1. The van der Waals surface area contributed by atoms with Crippen LogP contribution in [0.1, 0.15) is 37.4 Å². The minimum atomic E-state index is -0.159. The van der Waals surface area contributed by atoms with Gasteiger partial charge in [-0.1, -0.05) is 0 Å². The van der Waals surface area contributed by atoms with Crippen LogP contribution in [0.3, 0.4) is 0 Å². The van der Waals surface area contributed by atoms with Gasteiger partial charge in [-0.25, -0.2) is 14.8 Å². The van der Waals surface area contributed by atoms with Crippen molar-refractivity contribution in [3.63, 3.8) is 0 Å². The van der Waals surface area contributed by atoms with Crippen LogP contribution < -0.4 is 10.2 Å². The van der Waals surface area contributed by atoms with Gasteiger partial charge in [0.1, 0.15) is 5.82 Å². The maximum Gasteiger partial charge on any atom is 0.321 e. The number of aromatic nitrogens is 2. The second-order valence-corrected chi connectivity index (χ2v) is 7.39. The predicted molar refractivity (Wildman–Crippen MR) is 102 cm³/mol. The number of urea groups is 1. The van der Waals surface area contributed by atoms with Gasteiger partial charge in [-0.05, 0) is 44.7 Å². The summed E-state index contributed by atoms with van der Waals surface area (Å²) in [6.45, 7) is 5.85. The molecule has 0 bridgehead atoms. The Bertz CT molecular complexity index is 718. The molecule has 1 aliphatic rings. The number of rotatable bonds is 4. The van der Waals surface area contributed by atoms with Crippen LogP contribution in [0.4, 0.5) is 16.3 Å². The van der Waals surface area contributed by atoms with Gasteiger partial charge in [0, 0.05) is 25.0 Å². The van der Waals surface area contributed by atoms with E-state index in [2.05, 4.69) is 34.0 Å². The molecule has 6 nitrogen and oxygen atoms in total. The molecule has 1 N–H and O–H groups in total. The number of anilines is 2. The summed E-state index contributed by atoms with van der Waals surface area (Å²) in [6.07, 6.45) is 5.46. The van der Waals surface area contributed by atoms with Crippen LogP contribution in [0.15, 0.2) is 23.2 Å². The van der Waals surface area contributed by atoms with Crippen molar-refractivity contribution < 1.29 is 4.79 Å². The van der Waals surface area contributed by atoms with Crippen LogP contribution in [0.2, 0.25) is 0 Å². The zero-order valence-corrected chi connectivity index (χ0v) is 15.8. The molecule has 0 radical (unpaired) electrons. The van der Waals surface area contributed by atoms with Gasteiger partial charge < -0.3 is 15.1 Å². The van der Waals surface area contributed by atoms with Gasteiger partial charge in [0.25, 0.3) is 0 Å². The average Bonchev–Trinajstić information content (AvgIpc) is 3.09. The Morgan fingerprint density at radius 2 is 2.28 bits per heavy atom. The van der Waals surface area contributed by atoms with E-state index in [0.717, 1.165) is 29.3 Å². The monoisotopic (exact) mass is 359 g/mol. The molecule has 0 aliphatic carbocycles. The number of hydrogen-bond acceptors (Lipinski definition) is 5. The third kappa shape index (κ3) is 4.28. The third-order valence-electron chi connectivity index (χ3n) is 4.61. The number of carbonyl (C=O) groups is 1. The van der Waals surface area contributed by atoms with Crippen molar-refractivity contribution in [2.45, 2.75) is 45.7 Å². The number of nitrogens with one attached hydrogen (secondary N) is 1. The fraction of sp³-hybridized carbons (Fsp3) is 0.500. The molecule has 2 aromatic rings. The maximum atomic E-state index is 12.3. The van der Waals surface area contributed by atoms with E-state index in [1.54, 1.807) is 23.7 Å². The standard InChI is InChI=1S/C18H25N5OS/c1-13-8-15(9-19-17(13)23-7-5-4-6-14(23)2)21-18(24)22(3)10-16-11-25-12-20-16/h8-9,11-12,14H,4-7,10H2,1-3H3,(H,21,24). The molecule has 1 aliphatic heterocycles. The summed E-state index contributed by atoms with van der Waals surface area (Å²) >= 11 is 1.53. The van der Waals surface area contributed by atoms with E-state index in [1.807, 2.05) is 11.4 Å². The molecule has 25 heavy (non-hydrogen) atoms. The van der Waals surface area contributed by atoms with E-state index in [4.69, 9.17) is 0 Å². The van der Waals surface area contributed by atoms with Crippen molar-refractivity contribution in [1.82, 2.24) is 14.9 Å². The Morgan fingerprint density at radius 3 is 2.96 bits per heavy atom. The summed E-state index contributed by atoms with van der Waals surface area (Å²) in [5.41, 5.74) is 4.48. The second kappa shape index (κ2) is 7.82. The molecular formula is C18H25N5OS. The smallest absolute Gasteiger partial charge is 0.321 e. The summed E-state index contributed by atoms with van der Waals surface area (Å²) in [5.74, 6) is 1.03. The lowest BCUT2D eigenvalue weighted by molar-refractivity contribution is 0.220. The molecular weight excluding hydrogens is 334 g/mol. The highest BCUT2D eigenvalue weighted by Gasteiger charge is 2.21. The number of pyridine rings is 1. The number of hydrogen-bond donors (Lipinski definition) is 1. The van der Waals surface area contributed by atoms with Gasteiger partial charge in [0.2, 0.25) is 0 Å². The van der Waals surface area contributed by atoms with E-state index >= 15 is 0 Å². The van der Waals surface area contributed by atoms with Crippen molar-refractivity contribution in [3.8, 4) is 0 Å². The molecule has 1 fully saturated rings. The van der Waals surface area contributed by atoms with E-state index in [9.17, 15) is 4.79 Å². The Hall–Kier alpha value is -2.15. The Balaban J connectivity index is 1.65. The van der Waals surface area contributed by atoms with E-state index < -0.39 is 0 Å². The van der Waals surface area contributed by atoms with Crippen molar-refractivity contribution in [1.29, 1.82) is 0 Å². The molecule has 1 atom stereocenters. The summed E-state index contributed by atoms with van der Waals surface area (Å²) in [6, 6.07) is 2.36. The Kier molecular flexibility index (Phi) is 5.53. The molecule has 2 aromatic heterocycles. The van der Waals surface area contributed by atoms with E-state index in [1.165, 1.54) is 30.6 Å². The zero-order chi connectivity index (χ0) is 17.8. The van der Waals surface area contributed by atoms with Crippen LogP contribution in [-0.4, -0.2) is 40.5 Å². The van der Waals surface area contributed by atoms with Gasteiger partial charge in [-0.2, -0.15) is 0 Å². The molecule has 0 aromatic carbocycles. The lowest BCUT2D eigenvalue weighted by Crippen LogP contribution is -2.38. The van der Waals surface area contributed by atoms with Crippen LogP contribution in [0.25, 0.3) is 0 Å². The van der Waals surface area contributed by atoms with Gasteiger partial charge in [-0.15, -0.1) is 11.3 Å². The second-order valence-electron chi connectivity index (χ2n) is 6.67. The molecule has 1 saturated heterocycles. The molecule has 0 saturated carbocycles. The van der Waals surface area contributed by atoms with Crippen LogP contribution in [0.5, 0.6) is 0 Å². The Labute approximate surface area is 152 Å². The first-order valence-electron chi connectivity index (χ1n) is 8.67. The lowest BCUT2D eigenvalue weighted by Gasteiger charge is -2.35. The predicted octanol–water partition coefficient (Wildman–Crippen LogP) is 3.89. The van der Waals surface area contributed by atoms with Gasteiger partial charge in [-0.3, -0.25) is 0 Å². The molecule has 3 rings (SSSR count). The highest BCUT2D eigenvalue weighted by atomic mass is 32.1. The minimum Gasteiger partial charge on any atom is -0.354 e. The van der Waals surface area contributed by atoms with E-state index in [-0.39, 0.29) is 6.03 Å². The fourth-order valence-electron chi connectivity index (χ4n) is 3.20.